The quantitative estimate of drug-likeness (QED) is 0.584. The van der Waals surface area contributed by atoms with Gasteiger partial charge in [-0.15, -0.1) is 0 Å². The maximum Gasteiger partial charge on any atom is 0.325 e. The first-order valence-corrected chi connectivity index (χ1v) is 12.2. The fourth-order valence-corrected chi connectivity index (χ4v) is 5.81. The lowest BCUT2D eigenvalue weighted by atomic mass is 10.1. The van der Waals surface area contributed by atoms with Gasteiger partial charge < -0.3 is 14.4 Å². The van der Waals surface area contributed by atoms with Gasteiger partial charge in [-0.1, -0.05) is 43.1 Å². The van der Waals surface area contributed by atoms with E-state index in [0.29, 0.717) is 13.1 Å². The predicted octanol–water partition coefficient (Wildman–Crippen LogP) is 2.86. The van der Waals surface area contributed by atoms with E-state index in [1.54, 1.807) is 18.7 Å². The highest BCUT2D eigenvalue weighted by atomic mass is 35.5. The molecule has 1 aliphatic rings. The van der Waals surface area contributed by atoms with Crippen molar-refractivity contribution in [2.45, 2.75) is 63.9 Å². The molecule has 8 nitrogen and oxygen atoms in total. The van der Waals surface area contributed by atoms with E-state index in [0.717, 1.165) is 0 Å². The van der Waals surface area contributed by atoms with Gasteiger partial charge in [0, 0.05) is 13.1 Å². The summed E-state index contributed by atoms with van der Waals surface area (Å²) in [6.45, 7) is 9.25. The molecule has 1 fully saturated rings. The first-order chi connectivity index (χ1) is 14.3. The maximum atomic E-state index is 12.9. The number of nitrogens with one attached hydrogen (secondary N) is 1. The van der Waals surface area contributed by atoms with Gasteiger partial charge >= 0.3 is 5.97 Å². The summed E-state index contributed by atoms with van der Waals surface area (Å²) in [6.07, 6.45) is -1.35. The monoisotopic (exact) mass is 494 g/mol. The molecule has 174 valence electrons. The van der Waals surface area contributed by atoms with Crippen molar-refractivity contribution in [2.75, 3.05) is 13.1 Å². The maximum absolute atomic E-state index is 12.9. The third-order valence-corrected chi connectivity index (χ3v) is 7.16. The number of nitrogens with zero attached hydrogens (tertiary/aromatic N) is 1. The molecule has 0 bridgehead atoms. The number of morpholine rings is 1. The summed E-state index contributed by atoms with van der Waals surface area (Å²) in [7, 11) is -4.23. The Kier molecular flexibility index (Phi) is 8.75. The summed E-state index contributed by atoms with van der Waals surface area (Å²) >= 11 is 12.0. The van der Waals surface area contributed by atoms with Crippen LogP contribution in [0, 0.1) is 5.92 Å². The number of ether oxygens (including phenoxy) is 2. The molecule has 0 aromatic heterocycles. The highest BCUT2D eigenvalue weighted by Gasteiger charge is 2.35. The highest BCUT2D eigenvalue weighted by Crippen LogP contribution is 2.29. The molecule has 0 saturated carbocycles. The largest absolute Gasteiger partial charge is 0.451 e. The van der Waals surface area contributed by atoms with Crippen LogP contribution in [0.25, 0.3) is 0 Å². The number of sulfonamides is 1. The highest BCUT2D eigenvalue weighted by molar-refractivity contribution is 7.89. The van der Waals surface area contributed by atoms with E-state index in [-0.39, 0.29) is 33.1 Å². The average molecular weight is 495 g/mol. The molecule has 1 N–H and O–H groups in total. The lowest BCUT2D eigenvalue weighted by molar-refractivity contribution is -0.166. The predicted molar refractivity (Wildman–Crippen MR) is 118 cm³/mol. The van der Waals surface area contributed by atoms with Crippen molar-refractivity contribution >= 4 is 45.1 Å². The molecule has 1 aliphatic heterocycles. The van der Waals surface area contributed by atoms with Gasteiger partial charge in [-0.3, -0.25) is 9.59 Å². The van der Waals surface area contributed by atoms with Crippen molar-refractivity contribution in [3.05, 3.63) is 28.2 Å². The van der Waals surface area contributed by atoms with Crippen molar-refractivity contribution in [1.82, 2.24) is 9.62 Å². The minimum absolute atomic E-state index is 0.0741. The average Bonchev–Trinajstić information content (AvgIpc) is 2.64. The normalized spacial score (nSPS) is 21.6. The van der Waals surface area contributed by atoms with E-state index in [1.807, 2.05) is 13.8 Å². The van der Waals surface area contributed by atoms with Crippen LogP contribution in [-0.4, -0.2) is 62.6 Å². The zero-order chi connectivity index (χ0) is 23.5. The van der Waals surface area contributed by atoms with Gasteiger partial charge in [0.15, 0.2) is 6.10 Å². The summed E-state index contributed by atoms with van der Waals surface area (Å²) < 4.78 is 39.0. The molecule has 0 radical (unpaired) electrons. The van der Waals surface area contributed by atoms with E-state index in [1.165, 1.54) is 25.1 Å². The van der Waals surface area contributed by atoms with Crippen molar-refractivity contribution in [3.63, 3.8) is 0 Å². The Balaban J connectivity index is 2.14. The molecule has 1 aromatic rings. The third-order valence-electron chi connectivity index (χ3n) is 4.76. The van der Waals surface area contributed by atoms with Crippen LogP contribution in [0.5, 0.6) is 0 Å². The van der Waals surface area contributed by atoms with Gasteiger partial charge in [-0.25, -0.2) is 8.42 Å². The standard InChI is InChI=1S/C20H28Cl2N2O6S/c1-11(2)17(23-31(27,28)18-15(21)7-6-8-16(18)22)20(26)30-14(5)19(25)24-9-12(3)29-13(4)10-24/h6-8,11-14,17,23H,9-10H2,1-5H3/t12-,13+,14-,17+/m1/s1. The zero-order valence-corrected chi connectivity index (χ0v) is 20.4. The van der Waals surface area contributed by atoms with Crippen LogP contribution < -0.4 is 4.72 Å². The number of hydrogen-bond acceptors (Lipinski definition) is 6. The smallest absolute Gasteiger partial charge is 0.325 e. The van der Waals surface area contributed by atoms with Gasteiger partial charge in [-0.2, -0.15) is 4.72 Å². The van der Waals surface area contributed by atoms with E-state index >= 15 is 0 Å². The second-order valence-electron chi connectivity index (χ2n) is 7.97. The fourth-order valence-electron chi connectivity index (χ4n) is 3.33. The first kappa shape index (κ1) is 25.9. The molecule has 1 amide bonds. The van der Waals surface area contributed by atoms with Crippen LogP contribution in [0.3, 0.4) is 0 Å². The molecule has 0 aliphatic carbocycles. The Morgan fingerprint density at radius 2 is 1.65 bits per heavy atom. The summed E-state index contributed by atoms with van der Waals surface area (Å²) in [6, 6.07) is 3.04. The Morgan fingerprint density at radius 1 is 1.13 bits per heavy atom. The van der Waals surface area contributed by atoms with E-state index < -0.39 is 34.1 Å². The van der Waals surface area contributed by atoms with Gasteiger partial charge in [0.1, 0.15) is 10.9 Å². The zero-order valence-electron chi connectivity index (χ0n) is 18.1. The number of carbonyl (C=O) groups is 2. The van der Waals surface area contributed by atoms with Gasteiger partial charge in [-0.05, 0) is 38.8 Å². The minimum atomic E-state index is -4.23. The van der Waals surface area contributed by atoms with E-state index in [4.69, 9.17) is 32.7 Å². The Labute approximate surface area is 193 Å². The second-order valence-corrected chi connectivity index (χ2v) is 10.4. The fraction of sp³-hybridized carbons (Fsp3) is 0.600. The molecular formula is C20H28Cl2N2O6S. The van der Waals surface area contributed by atoms with Crippen molar-refractivity contribution in [1.29, 1.82) is 0 Å². The van der Waals surface area contributed by atoms with E-state index in [9.17, 15) is 18.0 Å². The van der Waals surface area contributed by atoms with Crippen LogP contribution in [0.4, 0.5) is 0 Å². The molecule has 1 heterocycles. The Bertz CT molecular complexity index is 894. The molecule has 1 aromatic carbocycles. The summed E-state index contributed by atoms with van der Waals surface area (Å²) in [4.78, 5) is 26.8. The molecule has 2 rings (SSSR count). The molecule has 11 heteroatoms. The summed E-state index contributed by atoms with van der Waals surface area (Å²) in [5.41, 5.74) is 0. The molecule has 0 spiro atoms. The number of halogens is 2. The van der Waals surface area contributed by atoms with Crippen LogP contribution >= 0.6 is 23.2 Å². The topological polar surface area (TPSA) is 102 Å². The van der Waals surface area contributed by atoms with Gasteiger partial charge in [0.05, 0.1) is 22.3 Å². The lowest BCUT2D eigenvalue weighted by Gasteiger charge is -2.36. The summed E-state index contributed by atoms with van der Waals surface area (Å²) in [5, 5.41) is -0.148. The van der Waals surface area contributed by atoms with Crippen molar-refractivity contribution in [3.8, 4) is 0 Å². The van der Waals surface area contributed by atoms with Crippen molar-refractivity contribution in [2.24, 2.45) is 5.92 Å². The minimum Gasteiger partial charge on any atom is -0.451 e. The molecule has 0 unspecified atom stereocenters. The number of hydrogen-bond donors (Lipinski definition) is 1. The Hall–Kier alpha value is -1.39. The van der Waals surface area contributed by atoms with Crippen molar-refractivity contribution < 1.29 is 27.5 Å². The Morgan fingerprint density at radius 3 is 2.13 bits per heavy atom. The van der Waals surface area contributed by atoms with Crippen LogP contribution in [0.1, 0.15) is 34.6 Å². The SMILES string of the molecule is CC(C)[C@H](NS(=O)(=O)c1c(Cl)cccc1Cl)C(=O)O[C@H](C)C(=O)N1C[C@@H](C)O[C@@H](C)C1. The molecule has 31 heavy (non-hydrogen) atoms. The summed E-state index contributed by atoms with van der Waals surface area (Å²) in [5.74, 6) is -1.69. The van der Waals surface area contributed by atoms with Crippen LogP contribution in [-0.2, 0) is 29.1 Å². The number of amides is 1. The van der Waals surface area contributed by atoms with Crippen LogP contribution in [0.2, 0.25) is 10.0 Å². The van der Waals surface area contributed by atoms with Gasteiger partial charge in [0.25, 0.3) is 5.91 Å². The number of benzene rings is 1. The van der Waals surface area contributed by atoms with E-state index in [2.05, 4.69) is 4.72 Å². The number of carbonyl (C=O) groups excluding carboxylic acids is 2. The van der Waals surface area contributed by atoms with Crippen LogP contribution in [0.15, 0.2) is 23.1 Å². The molecular weight excluding hydrogens is 467 g/mol. The second kappa shape index (κ2) is 10.5. The molecule has 1 saturated heterocycles. The number of rotatable bonds is 7. The lowest BCUT2D eigenvalue weighted by Crippen LogP contribution is -2.52. The number of esters is 1. The molecule has 4 atom stereocenters. The first-order valence-electron chi connectivity index (χ1n) is 9.94. The third kappa shape index (κ3) is 6.55. The van der Waals surface area contributed by atoms with Gasteiger partial charge in [0.2, 0.25) is 10.0 Å².